The van der Waals surface area contributed by atoms with Crippen LogP contribution in [0.1, 0.15) is 34.3 Å². The Morgan fingerprint density at radius 1 is 1.23 bits per heavy atom. The first-order valence-corrected chi connectivity index (χ1v) is 8.38. The van der Waals surface area contributed by atoms with Gasteiger partial charge in [-0.25, -0.2) is 0 Å². The number of amides is 2. The molecule has 1 aliphatic rings. The molecular weight excluding hydrogens is 334 g/mol. The van der Waals surface area contributed by atoms with Gasteiger partial charge >= 0.3 is 0 Å². The molecule has 1 heterocycles. The van der Waals surface area contributed by atoms with Crippen molar-refractivity contribution in [3.05, 3.63) is 69.3 Å². The molecule has 0 aliphatic carbocycles. The number of benzene rings is 2. The van der Waals surface area contributed by atoms with Crippen molar-refractivity contribution in [3.8, 4) is 0 Å². The van der Waals surface area contributed by atoms with Gasteiger partial charge in [-0.3, -0.25) is 19.7 Å². The molecular formula is C19H19N3O4. The van der Waals surface area contributed by atoms with Gasteiger partial charge in [0, 0.05) is 42.4 Å². The van der Waals surface area contributed by atoms with E-state index < -0.39 is 4.92 Å². The molecule has 2 aromatic rings. The number of nitro groups is 1. The largest absolute Gasteiger partial charge is 0.348 e. The standard InChI is InChI=1S/C19H19N3O4/c1-13-11-15(6-9-17(13)22(25)26)19(24)20-12-14-4-7-16(8-5-14)21-10-2-3-18(21)23/h4-9,11H,2-3,10,12H2,1H3,(H,20,24). The van der Waals surface area contributed by atoms with E-state index in [-0.39, 0.29) is 17.5 Å². The first kappa shape index (κ1) is 17.6. The number of anilines is 1. The van der Waals surface area contributed by atoms with Gasteiger partial charge in [-0.2, -0.15) is 0 Å². The Kier molecular flexibility index (Phi) is 4.97. The molecule has 7 heteroatoms. The highest BCUT2D eigenvalue weighted by atomic mass is 16.6. The molecule has 1 N–H and O–H groups in total. The predicted octanol–water partition coefficient (Wildman–Crippen LogP) is 2.96. The first-order valence-electron chi connectivity index (χ1n) is 8.38. The van der Waals surface area contributed by atoms with Crippen LogP contribution in [0.4, 0.5) is 11.4 Å². The quantitative estimate of drug-likeness (QED) is 0.661. The Hall–Kier alpha value is -3.22. The van der Waals surface area contributed by atoms with Gasteiger partial charge in [-0.15, -0.1) is 0 Å². The molecule has 1 saturated heterocycles. The maximum absolute atomic E-state index is 12.2. The molecule has 0 saturated carbocycles. The third-order valence-corrected chi connectivity index (χ3v) is 4.43. The van der Waals surface area contributed by atoms with Crippen LogP contribution in [0.5, 0.6) is 0 Å². The van der Waals surface area contributed by atoms with Crippen LogP contribution in [-0.4, -0.2) is 23.3 Å². The van der Waals surface area contributed by atoms with E-state index in [1.165, 1.54) is 18.2 Å². The summed E-state index contributed by atoms with van der Waals surface area (Å²) in [5.41, 5.74) is 2.60. The van der Waals surface area contributed by atoms with Gasteiger partial charge in [0.2, 0.25) is 5.91 Å². The number of nitro benzene ring substituents is 1. The van der Waals surface area contributed by atoms with Gasteiger partial charge in [-0.05, 0) is 43.2 Å². The van der Waals surface area contributed by atoms with E-state index in [4.69, 9.17) is 0 Å². The lowest BCUT2D eigenvalue weighted by Gasteiger charge is -2.16. The molecule has 1 fully saturated rings. The summed E-state index contributed by atoms with van der Waals surface area (Å²) in [6.07, 6.45) is 1.47. The third kappa shape index (κ3) is 3.72. The highest BCUT2D eigenvalue weighted by Gasteiger charge is 2.21. The van der Waals surface area contributed by atoms with E-state index in [1.54, 1.807) is 11.8 Å². The minimum Gasteiger partial charge on any atom is -0.348 e. The summed E-state index contributed by atoms with van der Waals surface area (Å²) in [4.78, 5) is 36.1. The predicted molar refractivity (Wildman–Crippen MR) is 97.0 cm³/mol. The second-order valence-corrected chi connectivity index (χ2v) is 6.26. The van der Waals surface area contributed by atoms with Gasteiger partial charge in [0.05, 0.1) is 4.92 Å². The molecule has 7 nitrogen and oxygen atoms in total. The van der Waals surface area contributed by atoms with Crippen LogP contribution in [0.15, 0.2) is 42.5 Å². The Morgan fingerprint density at radius 2 is 1.96 bits per heavy atom. The zero-order valence-electron chi connectivity index (χ0n) is 14.4. The summed E-state index contributed by atoms with van der Waals surface area (Å²) in [5.74, 6) is -0.151. The average Bonchev–Trinajstić information content (AvgIpc) is 3.05. The second-order valence-electron chi connectivity index (χ2n) is 6.26. The summed E-state index contributed by atoms with van der Waals surface area (Å²) in [7, 11) is 0. The summed E-state index contributed by atoms with van der Waals surface area (Å²) in [6.45, 7) is 2.69. The molecule has 3 rings (SSSR count). The van der Waals surface area contributed by atoms with Crippen LogP contribution < -0.4 is 10.2 Å². The first-order chi connectivity index (χ1) is 12.5. The monoisotopic (exact) mass is 353 g/mol. The Balaban J connectivity index is 1.61. The van der Waals surface area contributed by atoms with Crippen molar-refractivity contribution >= 4 is 23.2 Å². The zero-order valence-corrected chi connectivity index (χ0v) is 14.4. The van der Waals surface area contributed by atoms with E-state index in [0.29, 0.717) is 24.1 Å². The van der Waals surface area contributed by atoms with Crippen molar-refractivity contribution in [3.63, 3.8) is 0 Å². The number of aryl methyl sites for hydroxylation is 1. The maximum Gasteiger partial charge on any atom is 0.272 e. The van der Waals surface area contributed by atoms with Gasteiger partial charge in [-0.1, -0.05) is 12.1 Å². The van der Waals surface area contributed by atoms with Crippen LogP contribution in [0.3, 0.4) is 0 Å². The molecule has 0 aromatic heterocycles. The number of carbonyl (C=O) groups excluding carboxylic acids is 2. The fraction of sp³-hybridized carbons (Fsp3) is 0.263. The van der Waals surface area contributed by atoms with Crippen molar-refractivity contribution in [1.82, 2.24) is 5.32 Å². The van der Waals surface area contributed by atoms with E-state index in [0.717, 1.165) is 24.2 Å². The number of nitrogens with zero attached hydrogens (tertiary/aromatic N) is 2. The van der Waals surface area contributed by atoms with Gasteiger partial charge < -0.3 is 10.2 Å². The molecule has 134 valence electrons. The van der Waals surface area contributed by atoms with Gasteiger partial charge in [0.15, 0.2) is 0 Å². The van der Waals surface area contributed by atoms with Crippen molar-refractivity contribution in [2.75, 3.05) is 11.4 Å². The summed E-state index contributed by atoms with van der Waals surface area (Å²) < 4.78 is 0. The number of rotatable bonds is 5. The number of hydrogen-bond donors (Lipinski definition) is 1. The molecule has 0 atom stereocenters. The van der Waals surface area contributed by atoms with Gasteiger partial charge in [0.25, 0.3) is 11.6 Å². The summed E-state index contributed by atoms with van der Waals surface area (Å²) in [6, 6.07) is 11.8. The normalized spacial score (nSPS) is 13.7. The Bertz CT molecular complexity index is 862. The average molecular weight is 353 g/mol. The van der Waals surface area contributed by atoms with E-state index >= 15 is 0 Å². The molecule has 26 heavy (non-hydrogen) atoms. The third-order valence-electron chi connectivity index (χ3n) is 4.43. The molecule has 0 bridgehead atoms. The number of nitrogens with one attached hydrogen (secondary N) is 1. The highest BCUT2D eigenvalue weighted by molar-refractivity contribution is 5.95. The maximum atomic E-state index is 12.2. The fourth-order valence-electron chi connectivity index (χ4n) is 3.00. The van der Waals surface area contributed by atoms with Crippen molar-refractivity contribution in [1.29, 1.82) is 0 Å². The van der Waals surface area contributed by atoms with Crippen LogP contribution in [-0.2, 0) is 11.3 Å². The van der Waals surface area contributed by atoms with Crippen LogP contribution in [0.2, 0.25) is 0 Å². The smallest absolute Gasteiger partial charge is 0.272 e. The topological polar surface area (TPSA) is 92.6 Å². The van der Waals surface area contributed by atoms with Crippen molar-refractivity contribution in [2.45, 2.75) is 26.3 Å². The van der Waals surface area contributed by atoms with Crippen LogP contribution in [0.25, 0.3) is 0 Å². The zero-order chi connectivity index (χ0) is 18.7. The highest BCUT2D eigenvalue weighted by Crippen LogP contribution is 2.22. The molecule has 2 amide bonds. The lowest BCUT2D eigenvalue weighted by molar-refractivity contribution is -0.385. The van der Waals surface area contributed by atoms with E-state index in [9.17, 15) is 19.7 Å². The second kappa shape index (κ2) is 7.35. The van der Waals surface area contributed by atoms with E-state index in [2.05, 4.69) is 5.32 Å². The van der Waals surface area contributed by atoms with E-state index in [1.807, 2.05) is 24.3 Å². The Labute approximate surface area is 150 Å². The minimum atomic E-state index is -0.469. The number of carbonyl (C=O) groups is 2. The summed E-state index contributed by atoms with van der Waals surface area (Å²) >= 11 is 0. The van der Waals surface area contributed by atoms with Crippen molar-refractivity contribution < 1.29 is 14.5 Å². The molecule has 0 unspecified atom stereocenters. The molecule has 0 radical (unpaired) electrons. The molecule has 1 aliphatic heterocycles. The molecule has 2 aromatic carbocycles. The van der Waals surface area contributed by atoms with Crippen LogP contribution >= 0.6 is 0 Å². The SMILES string of the molecule is Cc1cc(C(=O)NCc2ccc(N3CCCC3=O)cc2)ccc1[N+](=O)[O-]. The fourth-order valence-corrected chi connectivity index (χ4v) is 3.00. The lowest BCUT2D eigenvalue weighted by atomic mass is 10.1. The molecule has 0 spiro atoms. The van der Waals surface area contributed by atoms with Crippen molar-refractivity contribution in [2.24, 2.45) is 0 Å². The number of hydrogen-bond acceptors (Lipinski definition) is 4. The lowest BCUT2D eigenvalue weighted by Crippen LogP contribution is -2.24. The van der Waals surface area contributed by atoms with Crippen LogP contribution in [0, 0.1) is 17.0 Å². The Morgan fingerprint density at radius 3 is 2.54 bits per heavy atom. The summed E-state index contributed by atoms with van der Waals surface area (Å²) in [5, 5.41) is 13.6. The van der Waals surface area contributed by atoms with Gasteiger partial charge in [0.1, 0.15) is 0 Å². The minimum absolute atomic E-state index is 0.00593.